The van der Waals surface area contributed by atoms with Gasteiger partial charge in [-0.3, -0.25) is 0 Å². The zero-order chi connectivity index (χ0) is 6.62. The molecule has 0 aliphatic rings. The first-order valence-electron chi connectivity index (χ1n) is 2.79. The maximum absolute atomic E-state index is 3.65. The lowest BCUT2D eigenvalue weighted by atomic mass is 11.3. The molecule has 0 spiro atoms. The van der Waals surface area contributed by atoms with Crippen molar-refractivity contribution in [2.45, 2.75) is 19.6 Å². The maximum Gasteiger partial charge on any atom is 0.0552 e. The van der Waals surface area contributed by atoms with Crippen LogP contribution in [0.15, 0.2) is 12.0 Å². The van der Waals surface area contributed by atoms with Gasteiger partial charge < -0.3 is 0 Å². The number of rotatable bonds is 3. The standard InChI is InChI=1S/C6H14SSi/c1-5-7-6-8(2,3)4/h5H,1,6H2,2-4H3. The number of thioether (sulfide) groups is 1. The molecule has 0 aromatic rings. The second kappa shape index (κ2) is 3.36. The Labute approximate surface area is 57.4 Å². The van der Waals surface area contributed by atoms with Crippen LogP contribution in [0.3, 0.4) is 0 Å². The summed E-state index contributed by atoms with van der Waals surface area (Å²) < 4.78 is 0. The highest BCUT2D eigenvalue weighted by Gasteiger charge is 2.10. The summed E-state index contributed by atoms with van der Waals surface area (Å²) in [6.07, 6.45) is 0. The molecule has 0 N–H and O–H groups in total. The van der Waals surface area contributed by atoms with Crippen molar-refractivity contribution < 1.29 is 0 Å². The van der Waals surface area contributed by atoms with Crippen LogP contribution in [0.25, 0.3) is 0 Å². The molecule has 0 aromatic carbocycles. The fourth-order valence-electron chi connectivity index (χ4n) is 0.309. The van der Waals surface area contributed by atoms with Gasteiger partial charge in [-0.2, -0.15) is 0 Å². The minimum absolute atomic E-state index is 0.786. The molecule has 0 rings (SSSR count). The molecule has 2 heteroatoms. The second-order valence-corrected chi connectivity index (χ2v) is 9.98. The molecular formula is C6H14SSi. The topological polar surface area (TPSA) is 0 Å². The lowest BCUT2D eigenvalue weighted by Crippen LogP contribution is -2.23. The smallest absolute Gasteiger partial charge is 0.0552 e. The van der Waals surface area contributed by atoms with E-state index in [0.29, 0.717) is 0 Å². The third-order valence-corrected chi connectivity index (χ3v) is 5.00. The van der Waals surface area contributed by atoms with Crippen molar-refractivity contribution in [2.24, 2.45) is 0 Å². The lowest BCUT2D eigenvalue weighted by Gasteiger charge is -2.12. The van der Waals surface area contributed by atoms with Gasteiger partial charge in [-0.25, -0.2) is 0 Å². The molecule has 8 heavy (non-hydrogen) atoms. The first-order valence-corrected chi connectivity index (χ1v) is 7.54. The van der Waals surface area contributed by atoms with Gasteiger partial charge in [-0.1, -0.05) is 26.2 Å². The maximum atomic E-state index is 3.65. The van der Waals surface area contributed by atoms with E-state index in [0.717, 1.165) is 0 Å². The van der Waals surface area contributed by atoms with Crippen LogP contribution in [0.5, 0.6) is 0 Å². The van der Waals surface area contributed by atoms with E-state index in [1.165, 1.54) is 5.38 Å². The van der Waals surface area contributed by atoms with Crippen molar-refractivity contribution in [3.05, 3.63) is 12.0 Å². The van der Waals surface area contributed by atoms with Crippen LogP contribution in [-0.4, -0.2) is 13.5 Å². The Morgan fingerprint density at radius 2 is 2.00 bits per heavy atom. The number of hydrogen-bond donors (Lipinski definition) is 0. The highest BCUT2D eigenvalue weighted by atomic mass is 32.2. The molecule has 0 aromatic heterocycles. The molecule has 0 nitrogen and oxygen atoms in total. The summed E-state index contributed by atoms with van der Waals surface area (Å²) in [7, 11) is -0.786. The van der Waals surface area contributed by atoms with Crippen LogP contribution in [0, 0.1) is 0 Å². The van der Waals surface area contributed by atoms with E-state index in [1.807, 2.05) is 17.2 Å². The molecule has 0 heterocycles. The zero-order valence-electron chi connectivity index (χ0n) is 5.90. The zero-order valence-corrected chi connectivity index (χ0v) is 7.72. The summed E-state index contributed by atoms with van der Waals surface area (Å²) in [5.74, 6) is 0. The van der Waals surface area contributed by atoms with Crippen molar-refractivity contribution in [3.8, 4) is 0 Å². The van der Waals surface area contributed by atoms with E-state index < -0.39 is 8.07 Å². The van der Waals surface area contributed by atoms with Gasteiger partial charge in [0, 0.05) is 0 Å². The Balaban J connectivity index is 3.24. The van der Waals surface area contributed by atoms with Gasteiger partial charge in [0.2, 0.25) is 0 Å². The first-order chi connectivity index (χ1) is 3.56. The summed E-state index contributed by atoms with van der Waals surface area (Å²) in [4.78, 5) is 0. The molecule has 48 valence electrons. The fraction of sp³-hybridized carbons (Fsp3) is 0.667. The van der Waals surface area contributed by atoms with Crippen LogP contribution >= 0.6 is 11.8 Å². The van der Waals surface area contributed by atoms with E-state index in [2.05, 4.69) is 26.2 Å². The summed E-state index contributed by atoms with van der Waals surface area (Å²) in [6.45, 7) is 10.7. The Bertz CT molecular complexity index is 73.1. The van der Waals surface area contributed by atoms with Crippen LogP contribution in [0.4, 0.5) is 0 Å². The first kappa shape index (κ1) is 8.31. The number of hydrogen-bond acceptors (Lipinski definition) is 1. The molecule has 0 aliphatic carbocycles. The second-order valence-electron chi connectivity index (χ2n) is 3.04. The SMILES string of the molecule is C=CSC[Si](C)(C)C. The van der Waals surface area contributed by atoms with Crippen LogP contribution < -0.4 is 0 Å². The van der Waals surface area contributed by atoms with Crippen molar-refractivity contribution in [2.75, 3.05) is 5.38 Å². The van der Waals surface area contributed by atoms with Crippen LogP contribution in [0.1, 0.15) is 0 Å². The van der Waals surface area contributed by atoms with E-state index in [4.69, 9.17) is 0 Å². The summed E-state index contributed by atoms with van der Waals surface area (Å²) in [5, 5.41) is 3.23. The molecule has 0 bridgehead atoms. The summed E-state index contributed by atoms with van der Waals surface area (Å²) in [5.41, 5.74) is 0. The Kier molecular flexibility index (Phi) is 3.48. The minimum Gasteiger partial charge on any atom is -0.138 e. The fourth-order valence-corrected chi connectivity index (χ4v) is 2.78. The highest BCUT2D eigenvalue weighted by molar-refractivity contribution is 8.03. The van der Waals surface area contributed by atoms with Crippen molar-refractivity contribution in [3.63, 3.8) is 0 Å². The van der Waals surface area contributed by atoms with Crippen molar-refractivity contribution in [1.29, 1.82) is 0 Å². The van der Waals surface area contributed by atoms with Gasteiger partial charge in [0.25, 0.3) is 0 Å². The average molecular weight is 146 g/mol. The summed E-state index contributed by atoms with van der Waals surface area (Å²) in [6, 6.07) is 0. The molecule has 0 unspecified atom stereocenters. The third kappa shape index (κ3) is 6.31. The largest absolute Gasteiger partial charge is 0.138 e. The molecule has 0 saturated heterocycles. The highest BCUT2D eigenvalue weighted by Crippen LogP contribution is 2.10. The van der Waals surface area contributed by atoms with Gasteiger partial charge in [0.05, 0.1) is 8.07 Å². The average Bonchev–Trinajstić information content (AvgIpc) is 1.59. The van der Waals surface area contributed by atoms with E-state index in [9.17, 15) is 0 Å². The Morgan fingerprint density at radius 3 is 2.12 bits per heavy atom. The monoisotopic (exact) mass is 146 g/mol. The molecule has 0 saturated carbocycles. The lowest BCUT2D eigenvalue weighted by molar-refractivity contribution is 1.68. The van der Waals surface area contributed by atoms with Crippen molar-refractivity contribution >= 4 is 19.8 Å². The third-order valence-electron chi connectivity index (χ3n) is 0.634. The van der Waals surface area contributed by atoms with Gasteiger partial charge in [0.1, 0.15) is 0 Å². The van der Waals surface area contributed by atoms with Crippen molar-refractivity contribution in [1.82, 2.24) is 0 Å². The molecule has 0 atom stereocenters. The van der Waals surface area contributed by atoms with E-state index in [-0.39, 0.29) is 0 Å². The molecular weight excluding hydrogens is 132 g/mol. The Hall–Kier alpha value is 0.307. The molecule has 0 aliphatic heterocycles. The van der Waals surface area contributed by atoms with Gasteiger partial charge in [-0.05, 0) is 10.8 Å². The quantitative estimate of drug-likeness (QED) is 0.552. The minimum atomic E-state index is -0.786. The van der Waals surface area contributed by atoms with Crippen LogP contribution in [-0.2, 0) is 0 Å². The molecule has 0 amide bonds. The Morgan fingerprint density at radius 1 is 1.50 bits per heavy atom. The molecule has 0 fully saturated rings. The van der Waals surface area contributed by atoms with Gasteiger partial charge in [0.15, 0.2) is 0 Å². The van der Waals surface area contributed by atoms with Gasteiger partial charge in [-0.15, -0.1) is 11.8 Å². The summed E-state index contributed by atoms with van der Waals surface area (Å²) >= 11 is 1.84. The van der Waals surface area contributed by atoms with E-state index in [1.54, 1.807) is 0 Å². The molecule has 0 radical (unpaired) electrons. The normalized spacial score (nSPS) is 11.4. The van der Waals surface area contributed by atoms with Gasteiger partial charge >= 0.3 is 0 Å². The predicted octanol–water partition coefficient (Wildman–Crippen LogP) is 2.74. The van der Waals surface area contributed by atoms with E-state index >= 15 is 0 Å². The predicted molar refractivity (Wildman–Crippen MR) is 46.0 cm³/mol. The van der Waals surface area contributed by atoms with Crippen LogP contribution in [0.2, 0.25) is 19.6 Å².